The zero-order chi connectivity index (χ0) is 6.60. The maximum absolute atomic E-state index is 5.30. The Hall–Kier alpha value is -0.760. The van der Waals surface area contributed by atoms with Crippen molar-refractivity contribution in [3.8, 4) is 0 Å². The van der Waals surface area contributed by atoms with E-state index in [4.69, 9.17) is 4.74 Å². The van der Waals surface area contributed by atoms with Gasteiger partial charge in [0.1, 0.15) is 12.3 Å². The molecule has 1 spiro atoms. The molecule has 2 aliphatic heterocycles. The molecule has 2 heteroatoms. The Kier molecular flexibility index (Phi) is 0.645. The molecule has 3 rings (SSSR count). The van der Waals surface area contributed by atoms with Crippen molar-refractivity contribution in [2.45, 2.75) is 12.0 Å². The number of allylic oxidation sites excluding steroid dienone is 2. The van der Waals surface area contributed by atoms with Crippen LogP contribution in [-0.2, 0) is 4.74 Å². The van der Waals surface area contributed by atoms with E-state index in [2.05, 4.69) is 23.1 Å². The van der Waals surface area contributed by atoms with Crippen molar-refractivity contribution < 1.29 is 4.74 Å². The van der Waals surface area contributed by atoms with Crippen LogP contribution in [0.2, 0.25) is 0 Å². The lowest BCUT2D eigenvalue weighted by Gasteiger charge is -2.02. The molecule has 0 aromatic heterocycles. The van der Waals surface area contributed by atoms with Gasteiger partial charge in [0.15, 0.2) is 0 Å². The van der Waals surface area contributed by atoms with Gasteiger partial charge in [-0.15, -0.1) is 0 Å². The van der Waals surface area contributed by atoms with E-state index in [0.29, 0.717) is 0 Å². The highest BCUT2D eigenvalue weighted by Crippen LogP contribution is 2.52. The Morgan fingerprint density at radius 1 is 1.60 bits per heavy atom. The summed E-state index contributed by atoms with van der Waals surface area (Å²) in [6, 6.07) is 0. The Balaban J connectivity index is 2.09. The Bertz CT molecular complexity index is 244. The molecule has 0 N–H and O–H groups in total. The highest BCUT2D eigenvalue weighted by atomic mass is 16.5. The second-order valence-electron chi connectivity index (χ2n) is 3.06. The number of fused-ring (bicyclic) bond motifs is 1. The molecule has 0 aromatic rings. The minimum Gasteiger partial charge on any atom is -0.358 e. The summed E-state index contributed by atoms with van der Waals surface area (Å²) in [5.41, 5.74) is 1.74. The van der Waals surface area contributed by atoms with Crippen molar-refractivity contribution in [2.24, 2.45) is 0 Å². The van der Waals surface area contributed by atoms with Gasteiger partial charge in [0.2, 0.25) is 0 Å². The fraction of sp³-hybridized carbons (Fsp3) is 0.500. The van der Waals surface area contributed by atoms with Crippen LogP contribution in [0.5, 0.6) is 0 Å². The molecule has 2 fully saturated rings. The average Bonchev–Trinajstić information content (AvgIpc) is 2.44. The van der Waals surface area contributed by atoms with Crippen molar-refractivity contribution in [3.63, 3.8) is 0 Å². The first-order valence-electron chi connectivity index (χ1n) is 3.67. The number of rotatable bonds is 0. The summed E-state index contributed by atoms with van der Waals surface area (Å²) in [6.45, 7) is 1.67. The summed E-state index contributed by atoms with van der Waals surface area (Å²) < 4.78 is 5.30. The van der Waals surface area contributed by atoms with E-state index in [1.165, 1.54) is 5.70 Å². The molecule has 2 saturated heterocycles. The largest absolute Gasteiger partial charge is 0.358 e. The standard InChI is InChI=1S/C8H9NO/c1-2-4-8-5-10-6-9(8)7(8)3-1/h2-4H,1,5-6H2. The first-order valence-corrected chi connectivity index (χ1v) is 3.67. The van der Waals surface area contributed by atoms with Crippen molar-refractivity contribution in [2.75, 3.05) is 13.3 Å². The van der Waals surface area contributed by atoms with E-state index in [0.717, 1.165) is 19.8 Å². The van der Waals surface area contributed by atoms with Crippen molar-refractivity contribution in [1.82, 2.24) is 4.90 Å². The van der Waals surface area contributed by atoms with E-state index in [1.807, 2.05) is 0 Å². The van der Waals surface area contributed by atoms with E-state index in [-0.39, 0.29) is 5.54 Å². The summed E-state index contributed by atoms with van der Waals surface area (Å²) in [5.74, 6) is 0. The van der Waals surface area contributed by atoms with Crippen LogP contribution in [0.1, 0.15) is 6.42 Å². The smallest absolute Gasteiger partial charge is 0.123 e. The number of hydrogen-bond acceptors (Lipinski definition) is 2. The van der Waals surface area contributed by atoms with Crippen LogP contribution in [0.4, 0.5) is 0 Å². The third-order valence-electron chi connectivity index (χ3n) is 2.55. The molecule has 0 saturated carbocycles. The van der Waals surface area contributed by atoms with Crippen LogP contribution in [0.25, 0.3) is 0 Å². The zero-order valence-corrected chi connectivity index (χ0v) is 5.71. The van der Waals surface area contributed by atoms with Crippen LogP contribution < -0.4 is 0 Å². The summed E-state index contributed by atoms with van der Waals surface area (Å²) in [7, 11) is 0. The number of nitrogens with zero attached hydrogens (tertiary/aromatic N) is 1. The highest BCUT2D eigenvalue weighted by Gasteiger charge is 2.60. The monoisotopic (exact) mass is 135 g/mol. The maximum Gasteiger partial charge on any atom is 0.123 e. The molecule has 10 heavy (non-hydrogen) atoms. The molecule has 0 aromatic carbocycles. The predicted molar refractivity (Wildman–Crippen MR) is 37.2 cm³/mol. The summed E-state index contributed by atoms with van der Waals surface area (Å²) >= 11 is 0. The normalized spacial score (nSPS) is 40.8. The van der Waals surface area contributed by atoms with Gasteiger partial charge in [0.05, 0.1) is 6.61 Å². The van der Waals surface area contributed by atoms with Crippen molar-refractivity contribution in [3.05, 3.63) is 23.9 Å². The maximum atomic E-state index is 5.30. The molecular weight excluding hydrogens is 126 g/mol. The third-order valence-corrected chi connectivity index (χ3v) is 2.55. The molecule has 0 bridgehead atoms. The second-order valence-corrected chi connectivity index (χ2v) is 3.06. The molecule has 1 aliphatic carbocycles. The molecule has 52 valence electrons. The minimum atomic E-state index is 0.248. The van der Waals surface area contributed by atoms with Gasteiger partial charge < -0.3 is 9.64 Å². The van der Waals surface area contributed by atoms with Crippen molar-refractivity contribution >= 4 is 0 Å². The van der Waals surface area contributed by atoms with E-state index < -0.39 is 0 Å². The van der Waals surface area contributed by atoms with Gasteiger partial charge in [-0.3, -0.25) is 0 Å². The Labute approximate surface area is 59.8 Å². The topological polar surface area (TPSA) is 12.2 Å². The van der Waals surface area contributed by atoms with E-state index in [1.54, 1.807) is 0 Å². The Morgan fingerprint density at radius 3 is 3.50 bits per heavy atom. The summed E-state index contributed by atoms with van der Waals surface area (Å²) in [6.07, 6.45) is 7.89. The van der Waals surface area contributed by atoms with Gasteiger partial charge in [0, 0.05) is 5.70 Å². The third kappa shape index (κ3) is 0.353. The fourth-order valence-electron chi connectivity index (χ4n) is 1.95. The van der Waals surface area contributed by atoms with Crippen LogP contribution in [-0.4, -0.2) is 23.8 Å². The SMILES string of the molecule is C1=CC23COCN2C3=CC1. The van der Waals surface area contributed by atoms with Gasteiger partial charge in [-0.05, 0) is 6.42 Å². The highest BCUT2D eigenvalue weighted by molar-refractivity contribution is 5.48. The molecule has 1 unspecified atom stereocenters. The predicted octanol–water partition coefficient (Wildman–Crippen LogP) is 0.872. The van der Waals surface area contributed by atoms with Crippen LogP contribution >= 0.6 is 0 Å². The Morgan fingerprint density at radius 2 is 2.60 bits per heavy atom. The van der Waals surface area contributed by atoms with E-state index in [9.17, 15) is 0 Å². The van der Waals surface area contributed by atoms with Gasteiger partial charge >= 0.3 is 0 Å². The number of ether oxygens (including phenoxy) is 1. The second kappa shape index (κ2) is 1.30. The zero-order valence-electron chi connectivity index (χ0n) is 5.71. The molecule has 0 radical (unpaired) electrons. The lowest BCUT2D eigenvalue weighted by atomic mass is 10.0. The van der Waals surface area contributed by atoms with Gasteiger partial charge in [-0.25, -0.2) is 0 Å². The van der Waals surface area contributed by atoms with Gasteiger partial charge in [-0.1, -0.05) is 18.2 Å². The summed E-state index contributed by atoms with van der Waals surface area (Å²) in [5, 5.41) is 0. The summed E-state index contributed by atoms with van der Waals surface area (Å²) in [4.78, 5) is 2.32. The van der Waals surface area contributed by atoms with E-state index >= 15 is 0 Å². The first-order chi connectivity index (χ1) is 4.93. The quantitative estimate of drug-likeness (QED) is 0.361. The first kappa shape index (κ1) is 4.97. The lowest BCUT2D eigenvalue weighted by molar-refractivity contribution is 0.154. The molecule has 0 amide bonds. The van der Waals surface area contributed by atoms with Crippen molar-refractivity contribution in [1.29, 1.82) is 0 Å². The molecule has 3 aliphatic rings. The van der Waals surface area contributed by atoms with Crippen LogP contribution in [0, 0.1) is 0 Å². The van der Waals surface area contributed by atoms with Crippen LogP contribution in [0.15, 0.2) is 23.9 Å². The lowest BCUT2D eigenvalue weighted by Crippen LogP contribution is -2.12. The average molecular weight is 135 g/mol. The van der Waals surface area contributed by atoms with Gasteiger partial charge in [0.25, 0.3) is 0 Å². The number of hydrogen-bond donors (Lipinski definition) is 0. The molecule has 1 atom stereocenters. The van der Waals surface area contributed by atoms with Crippen LogP contribution in [0.3, 0.4) is 0 Å². The fourth-order valence-corrected chi connectivity index (χ4v) is 1.95. The minimum absolute atomic E-state index is 0.248. The molecule has 2 nitrogen and oxygen atoms in total. The molecule has 2 heterocycles. The van der Waals surface area contributed by atoms with Gasteiger partial charge in [-0.2, -0.15) is 0 Å². The molecular formula is C8H9NO.